The van der Waals surface area contributed by atoms with Crippen LogP contribution in [0, 0.1) is 5.82 Å². The van der Waals surface area contributed by atoms with Gasteiger partial charge in [0, 0.05) is 13.6 Å². The summed E-state index contributed by atoms with van der Waals surface area (Å²) in [6.45, 7) is 0.691. The normalized spacial score (nSPS) is 18.5. The van der Waals surface area contributed by atoms with E-state index in [0.717, 1.165) is 29.4 Å². The highest BCUT2D eigenvalue weighted by Gasteiger charge is 2.38. The Morgan fingerprint density at radius 3 is 2.58 bits per heavy atom. The molecule has 8 heteroatoms. The first kappa shape index (κ1) is 18.8. The Balaban J connectivity index is 1.90. The minimum absolute atomic E-state index is 0.0119. The van der Waals surface area contributed by atoms with E-state index in [1.54, 1.807) is 12.1 Å². The average Bonchev–Trinajstić information content (AvgIpc) is 3.22. The number of likely N-dealkylation sites (N-methyl/N-ethyl adjacent to an activating group) is 1. The number of benzene rings is 1. The van der Waals surface area contributed by atoms with Crippen LogP contribution in [0.3, 0.4) is 0 Å². The van der Waals surface area contributed by atoms with Crippen molar-refractivity contribution in [2.75, 3.05) is 26.9 Å². The summed E-state index contributed by atoms with van der Waals surface area (Å²) < 4.78 is 15.2. The lowest BCUT2D eigenvalue weighted by atomic mass is 10.0. The van der Waals surface area contributed by atoms with E-state index >= 15 is 0 Å². The molecule has 2 unspecified atom stereocenters. The number of hydrogen-bond donors (Lipinski definition) is 0. The lowest BCUT2D eigenvalue weighted by Crippen LogP contribution is -2.40. The molecule has 1 aliphatic heterocycles. The van der Waals surface area contributed by atoms with Crippen LogP contribution in [-0.4, -0.2) is 57.4 Å². The SMILES string of the molecule is CSc1nnc(C2CCCN2C(=O)C(c2ccc(F)cc2)N(C)C)n1C. The van der Waals surface area contributed by atoms with Gasteiger partial charge in [-0.1, -0.05) is 23.9 Å². The van der Waals surface area contributed by atoms with Crippen molar-refractivity contribution < 1.29 is 9.18 Å². The second-order valence-electron chi connectivity index (χ2n) is 6.71. The third-order valence-electron chi connectivity index (χ3n) is 4.82. The van der Waals surface area contributed by atoms with Crippen LogP contribution < -0.4 is 0 Å². The summed E-state index contributed by atoms with van der Waals surface area (Å²) in [5, 5.41) is 9.37. The molecular formula is C18H24FN5OS. The summed E-state index contributed by atoms with van der Waals surface area (Å²) in [7, 11) is 5.67. The average molecular weight is 377 g/mol. The quantitative estimate of drug-likeness (QED) is 0.750. The highest BCUT2D eigenvalue weighted by atomic mass is 32.2. The van der Waals surface area contributed by atoms with Crippen LogP contribution in [0.25, 0.3) is 0 Å². The summed E-state index contributed by atoms with van der Waals surface area (Å²) in [5.41, 5.74) is 0.787. The number of hydrogen-bond acceptors (Lipinski definition) is 5. The number of carbonyl (C=O) groups excluding carboxylic acids is 1. The van der Waals surface area contributed by atoms with Crippen molar-refractivity contribution in [3.63, 3.8) is 0 Å². The second-order valence-corrected chi connectivity index (χ2v) is 7.48. The molecule has 6 nitrogen and oxygen atoms in total. The van der Waals surface area contributed by atoms with E-state index in [1.165, 1.54) is 23.9 Å². The van der Waals surface area contributed by atoms with Gasteiger partial charge >= 0.3 is 0 Å². The second kappa shape index (κ2) is 7.75. The smallest absolute Gasteiger partial charge is 0.245 e. The van der Waals surface area contributed by atoms with Crippen LogP contribution in [0.15, 0.2) is 29.4 Å². The highest BCUT2D eigenvalue weighted by Crippen LogP contribution is 2.35. The Morgan fingerprint density at radius 2 is 2.00 bits per heavy atom. The fraction of sp³-hybridized carbons (Fsp3) is 0.500. The molecule has 1 fully saturated rings. The molecule has 2 heterocycles. The maximum Gasteiger partial charge on any atom is 0.245 e. The third kappa shape index (κ3) is 3.48. The van der Waals surface area contributed by atoms with Crippen molar-refractivity contribution in [3.05, 3.63) is 41.5 Å². The fourth-order valence-corrected chi connectivity index (χ4v) is 4.05. The van der Waals surface area contributed by atoms with Crippen molar-refractivity contribution in [1.82, 2.24) is 24.6 Å². The van der Waals surface area contributed by atoms with Gasteiger partial charge in [0.15, 0.2) is 11.0 Å². The zero-order chi connectivity index (χ0) is 18.8. The summed E-state index contributed by atoms with van der Waals surface area (Å²) >= 11 is 1.54. The molecule has 0 aliphatic carbocycles. The van der Waals surface area contributed by atoms with E-state index in [9.17, 15) is 9.18 Å². The van der Waals surface area contributed by atoms with Gasteiger partial charge < -0.3 is 9.47 Å². The molecule has 1 amide bonds. The minimum Gasteiger partial charge on any atom is -0.331 e. The van der Waals surface area contributed by atoms with Gasteiger partial charge in [-0.2, -0.15) is 0 Å². The third-order valence-corrected chi connectivity index (χ3v) is 5.54. The van der Waals surface area contributed by atoms with Gasteiger partial charge in [0.05, 0.1) is 6.04 Å². The zero-order valence-electron chi connectivity index (χ0n) is 15.5. The first-order valence-electron chi connectivity index (χ1n) is 8.59. The Morgan fingerprint density at radius 1 is 1.31 bits per heavy atom. The van der Waals surface area contributed by atoms with Crippen LogP contribution >= 0.6 is 11.8 Å². The number of thioether (sulfide) groups is 1. The number of aromatic nitrogens is 3. The van der Waals surface area contributed by atoms with E-state index in [1.807, 2.05) is 41.8 Å². The molecule has 1 aliphatic rings. The topological polar surface area (TPSA) is 54.3 Å². The maximum atomic E-state index is 13.4. The molecule has 1 saturated heterocycles. The van der Waals surface area contributed by atoms with Gasteiger partial charge in [-0.15, -0.1) is 10.2 Å². The number of likely N-dealkylation sites (tertiary alicyclic amines) is 1. The largest absolute Gasteiger partial charge is 0.331 e. The van der Waals surface area contributed by atoms with E-state index in [-0.39, 0.29) is 17.8 Å². The fourth-order valence-electron chi connectivity index (χ4n) is 3.56. The Labute approximate surface area is 157 Å². The van der Waals surface area contributed by atoms with Gasteiger partial charge in [-0.05, 0) is 50.9 Å². The summed E-state index contributed by atoms with van der Waals surface area (Å²) in [6, 6.07) is 5.62. The first-order chi connectivity index (χ1) is 12.4. The maximum absolute atomic E-state index is 13.4. The van der Waals surface area contributed by atoms with Gasteiger partial charge in [0.2, 0.25) is 5.91 Å². The van der Waals surface area contributed by atoms with E-state index < -0.39 is 6.04 Å². The molecule has 3 rings (SSSR count). The molecule has 0 N–H and O–H groups in total. The van der Waals surface area contributed by atoms with Crippen molar-refractivity contribution in [3.8, 4) is 0 Å². The molecule has 0 radical (unpaired) electrons. The standard InChI is InChI=1S/C18H24FN5OS/c1-22(2)15(12-7-9-13(19)10-8-12)17(25)24-11-5-6-14(24)16-20-21-18(26-4)23(16)3/h7-10,14-15H,5-6,11H2,1-4H3. The molecule has 140 valence electrons. The highest BCUT2D eigenvalue weighted by molar-refractivity contribution is 7.98. The Hall–Kier alpha value is -1.93. The predicted octanol–water partition coefficient (Wildman–Crippen LogP) is 2.64. The molecule has 2 aromatic rings. The molecule has 1 aromatic carbocycles. The predicted molar refractivity (Wildman–Crippen MR) is 99.3 cm³/mol. The summed E-state index contributed by atoms with van der Waals surface area (Å²) in [4.78, 5) is 17.1. The number of carbonyl (C=O) groups is 1. The van der Waals surface area contributed by atoms with Crippen LogP contribution in [0.4, 0.5) is 4.39 Å². The number of amides is 1. The minimum atomic E-state index is -0.454. The molecule has 0 bridgehead atoms. The summed E-state index contributed by atoms with van der Waals surface area (Å²) in [6.07, 6.45) is 3.76. The number of rotatable bonds is 5. The Kier molecular flexibility index (Phi) is 5.62. The van der Waals surface area contributed by atoms with Gasteiger partial charge in [-0.3, -0.25) is 9.69 Å². The molecule has 2 atom stereocenters. The zero-order valence-corrected chi connectivity index (χ0v) is 16.3. The van der Waals surface area contributed by atoms with Crippen molar-refractivity contribution in [2.45, 2.75) is 30.1 Å². The van der Waals surface area contributed by atoms with E-state index in [2.05, 4.69) is 10.2 Å². The summed E-state index contributed by atoms with van der Waals surface area (Å²) in [5.74, 6) is 0.524. The van der Waals surface area contributed by atoms with Crippen LogP contribution in [0.2, 0.25) is 0 Å². The number of halogens is 1. The molecule has 0 spiro atoms. The molecular weight excluding hydrogens is 353 g/mol. The van der Waals surface area contributed by atoms with Crippen LogP contribution in [0.1, 0.15) is 36.3 Å². The van der Waals surface area contributed by atoms with E-state index in [0.29, 0.717) is 6.54 Å². The van der Waals surface area contributed by atoms with Crippen molar-refractivity contribution >= 4 is 17.7 Å². The van der Waals surface area contributed by atoms with Gasteiger partial charge in [0.25, 0.3) is 0 Å². The van der Waals surface area contributed by atoms with Crippen molar-refractivity contribution in [2.24, 2.45) is 7.05 Å². The van der Waals surface area contributed by atoms with E-state index in [4.69, 9.17) is 0 Å². The molecule has 26 heavy (non-hydrogen) atoms. The number of nitrogens with zero attached hydrogens (tertiary/aromatic N) is 5. The molecule has 1 aromatic heterocycles. The van der Waals surface area contributed by atoms with Crippen LogP contribution in [-0.2, 0) is 11.8 Å². The monoisotopic (exact) mass is 377 g/mol. The Bertz CT molecular complexity index is 776. The lowest BCUT2D eigenvalue weighted by molar-refractivity contribution is -0.137. The van der Waals surface area contributed by atoms with Crippen LogP contribution in [0.5, 0.6) is 0 Å². The van der Waals surface area contributed by atoms with Crippen molar-refractivity contribution in [1.29, 1.82) is 0 Å². The molecule has 0 saturated carbocycles. The lowest BCUT2D eigenvalue weighted by Gasteiger charge is -2.31. The first-order valence-corrected chi connectivity index (χ1v) is 9.82. The van der Waals surface area contributed by atoms with Gasteiger partial charge in [0.1, 0.15) is 11.9 Å². The van der Waals surface area contributed by atoms with Gasteiger partial charge in [-0.25, -0.2) is 4.39 Å².